The maximum atomic E-state index is 13.2. The van der Waals surface area contributed by atoms with Gasteiger partial charge in [-0.25, -0.2) is 0 Å². The monoisotopic (exact) mass is 397 g/mol. The van der Waals surface area contributed by atoms with Crippen molar-refractivity contribution >= 4 is 34.5 Å². The number of rotatable bonds is 2. The fourth-order valence-corrected chi connectivity index (χ4v) is 5.24. The minimum absolute atomic E-state index is 0.0679. The van der Waals surface area contributed by atoms with Crippen LogP contribution < -0.4 is 10.9 Å². The third-order valence-corrected chi connectivity index (χ3v) is 6.72. The molecule has 0 radical (unpaired) electrons. The predicted molar refractivity (Wildman–Crippen MR) is 107 cm³/mol. The minimum Gasteiger partial charge on any atom is -0.343 e. The lowest BCUT2D eigenvalue weighted by Gasteiger charge is -2.34. The van der Waals surface area contributed by atoms with Crippen LogP contribution in [0, 0.1) is 0 Å². The number of Topliss-reactive ketones (excluding diaryl/α,β-unsaturated/α-hetero) is 1. The van der Waals surface area contributed by atoms with Gasteiger partial charge in [0.25, 0.3) is 5.56 Å². The summed E-state index contributed by atoms with van der Waals surface area (Å²) in [6.45, 7) is 0. The molecule has 0 fully saturated rings. The number of nitrogens with one attached hydrogen (secondary N) is 3. The summed E-state index contributed by atoms with van der Waals surface area (Å²) < 4.78 is 0. The second-order valence-electron chi connectivity index (χ2n) is 6.88. The van der Waals surface area contributed by atoms with Gasteiger partial charge in [0, 0.05) is 39.4 Å². The summed E-state index contributed by atoms with van der Waals surface area (Å²) >= 11 is 8.13. The van der Waals surface area contributed by atoms with Gasteiger partial charge in [-0.15, -0.1) is 11.3 Å². The summed E-state index contributed by atoms with van der Waals surface area (Å²) in [6, 6.07) is 11.5. The molecular weight excluding hydrogens is 382 g/mol. The van der Waals surface area contributed by atoms with Crippen LogP contribution in [0.25, 0.3) is 0 Å². The largest absolute Gasteiger partial charge is 0.343 e. The molecule has 1 aromatic carbocycles. The number of anilines is 1. The lowest BCUT2D eigenvalue weighted by Crippen LogP contribution is -2.31. The normalized spacial score (nSPS) is 21.6. The summed E-state index contributed by atoms with van der Waals surface area (Å²) in [5, 5.41) is 11.4. The molecule has 0 spiro atoms. The van der Waals surface area contributed by atoms with Crippen LogP contribution in [0.15, 0.2) is 57.8 Å². The number of H-pyrrole nitrogens is 2. The van der Waals surface area contributed by atoms with Crippen molar-refractivity contribution in [3.05, 3.63) is 84.4 Å². The molecule has 136 valence electrons. The van der Waals surface area contributed by atoms with Crippen LogP contribution in [-0.2, 0) is 4.79 Å². The number of carbonyl (C=O) groups is 1. The number of carbonyl (C=O) groups excluding carboxylic acids is 1. The summed E-state index contributed by atoms with van der Waals surface area (Å²) in [4.78, 5) is 26.9. The zero-order valence-corrected chi connectivity index (χ0v) is 15.8. The third kappa shape index (κ3) is 2.59. The first-order valence-electron chi connectivity index (χ1n) is 8.75. The Hall–Kier alpha value is -2.57. The second-order valence-corrected chi connectivity index (χ2v) is 8.27. The van der Waals surface area contributed by atoms with Crippen molar-refractivity contribution in [1.29, 1.82) is 0 Å². The van der Waals surface area contributed by atoms with Gasteiger partial charge in [0.15, 0.2) is 5.78 Å². The average molecular weight is 398 g/mol. The summed E-state index contributed by atoms with van der Waals surface area (Å²) in [6.07, 6.45) is 1.18. The number of aromatic nitrogens is 2. The van der Waals surface area contributed by atoms with E-state index in [4.69, 9.17) is 11.6 Å². The number of allylic oxidation sites excluding steroid dienone is 2. The first kappa shape index (κ1) is 16.6. The van der Waals surface area contributed by atoms with Gasteiger partial charge in [-0.2, -0.15) is 0 Å². The molecule has 27 heavy (non-hydrogen) atoms. The van der Waals surface area contributed by atoms with Crippen molar-refractivity contribution in [3.8, 4) is 0 Å². The van der Waals surface area contributed by atoms with Gasteiger partial charge in [0.05, 0.1) is 5.56 Å². The molecule has 2 aliphatic rings. The summed E-state index contributed by atoms with van der Waals surface area (Å²) in [7, 11) is 0. The standard InChI is InChI=1S/C20H16ClN3O2S/c21-12-5-2-1-4-11(12)16-17-13(22-19-18(16)20(26)24-23-19)8-10(9-14(17)25)15-6-3-7-27-15/h1-7,10,16H,8-9H2,(H3,22,23,24,26). The van der Waals surface area contributed by atoms with Crippen molar-refractivity contribution in [2.24, 2.45) is 0 Å². The molecule has 2 atom stereocenters. The van der Waals surface area contributed by atoms with Crippen molar-refractivity contribution in [2.75, 3.05) is 5.32 Å². The molecule has 3 N–H and O–H groups in total. The van der Waals surface area contributed by atoms with Crippen molar-refractivity contribution in [2.45, 2.75) is 24.7 Å². The van der Waals surface area contributed by atoms with E-state index in [0.717, 1.165) is 17.7 Å². The molecule has 7 heteroatoms. The number of ketones is 1. The van der Waals surface area contributed by atoms with Gasteiger partial charge in [0.2, 0.25) is 0 Å². The molecule has 5 nitrogen and oxygen atoms in total. The molecule has 3 heterocycles. The van der Waals surface area contributed by atoms with Gasteiger partial charge >= 0.3 is 0 Å². The SMILES string of the molecule is O=C1CC(c2cccs2)CC2=C1C(c1ccccc1Cl)c1c([nH][nH]c1=O)N2. The zero-order chi connectivity index (χ0) is 18.5. The Morgan fingerprint density at radius 3 is 2.67 bits per heavy atom. The van der Waals surface area contributed by atoms with E-state index >= 15 is 0 Å². The molecule has 0 saturated heterocycles. The van der Waals surface area contributed by atoms with Crippen LogP contribution in [0.5, 0.6) is 0 Å². The van der Waals surface area contributed by atoms with Crippen LogP contribution in [0.3, 0.4) is 0 Å². The average Bonchev–Trinajstić information content (AvgIpc) is 3.31. The van der Waals surface area contributed by atoms with E-state index in [1.165, 1.54) is 4.88 Å². The molecule has 1 aliphatic heterocycles. The van der Waals surface area contributed by atoms with Gasteiger partial charge in [-0.05, 0) is 29.5 Å². The number of benzene rings is 1. The number of aromatic amines is 2. The van der Waals surface area contributed by atoms with Gasteiger partial charge in [0.1, 0.15) is 5.82 Å². The lowest BCUT2D eigenvalue weighted by atomic mass is 9.74. The number of halogens is 1. The van der Waals surface area contributed by atoms with Crippen LogP contribution in [0.4, 0.5) is 5.82 Å². The predicted octanol–water partition coefficient (Wildman–Crippen LogP) is 4.38. The fraction of sp³-hybridized carbons (Fsp3) is 0.200. The molecule has 3 aromatic rings. The summed E-state index contributed by atoms with van der Waals surface area (Å²) in [5.74, 6) is 0.376. The number of hydrogen-bond acceptors (Lipinski definition) is 4. The summed E-state index contributed by atoms with van der Waals surface area (Å²) in [5.41, 5.74) is 2.60. The Labute approximate surface area is 164 Å². The molecule has 0 saturated carbocycles. The Morgan fingerprint density at radius 1 is 1.04 bits per heavy atom. The Balaban J connectivity index is 1.68. The topological polar surface area (TPSA) is 77.8 Å². The number of fused-ring (bicyclic) bond motifs is 1. The molecule has 5 rings (SSSR count). The van der Waals surface area contributed by atoms with Crippen LogP contribution in [-0.4, -0.2) is 16.0 Å². The zero-order valence-electron chi connectivity index (χ0n) is 14.2. The highest BCUT2D eigenvalue weighted by Crippen LogP contribution is 2.48. The van der Waals surface area contributed by atoms with Crippen LogP contribution in [0.1, 0.15) is 40.7 Å². The molecule has 0 amide bonds. The first-order chi connectivity index (χ1) is 13.1. The van der Waals surface area contributed by atoms with Crippen LogP contribution in [0.2, 0.25) is 5.02 Å². The number of thiophene rings is 1. The number of hydrogen-bond donors (Lipinski definition) is 3. The Morgan fingerprint density at radius 2 is 1.89 bits per heavy atom. The second kappa shape index (κ2) is 6.25. The van der Waals surface area contributed by atoms with E-state index in [1.807, 2.05) is 29.6 Å². The Bertz CT molecular complexity index is 1130. The highest BCUT2D eigenvalue weighted by atomic mass is 35.5. The van der Waals surface area contributed by atoms with E-state index in [0.29, 0.717) is 28.4 Å². The highest BCUT2D eigenvalue weighted by Gasteiger charge is 2.41. The van der Waals surface area contributed by atoms with Gasteiger partial charge in [-0.1, -0.05) is 35.9 Å². The smallest absolute Gasteiger partial charge is 0.270 e. The van der Waals surface area contributed by atoms with Crippen molar-refractivity contribution in [3.63, 3.8) is 0 Å². The minimum atomic E-state index is -0.461. The first-order valence-corrected chi connectivity index (χ1v) is 10.0. The van der Waals surface area contributed by atoms with E-state index in [1.54, 1.807) is 17.4 Å². The van der Waals surface area contributed by atoms with Crippen molar-refractivity contribution in [1.82, 2.24) is 10.2 Å². The van der Waals surface area contributed by atoms with E-state index < -0.39 is 5.92 Å². The van der Waals surface area contributed by atoms with E-state index in [-0.39, 0.29) is 17.3 Å². The fourth-order valence-electron chi connectivity index (χ4n) is 4.17. The highest BCUT2D eigenvalue weighted by molar-refractivity contribution is 7.10. The molecule has 2 unspecified atom stereocenters. The quantitative estimate of drug-likeness (QED) is 0.600. The van der Waals surface area contributed by atoms with Gasteiger partial charge in [-0.3, -0.25) is 19.8 Å². The Kier molecular flexibility index (Phi) is 3.84. The molecule has 0 bridgehead atoms. The maximum Gasteiger partial charge on any atom is 0.270 e. The lowest BCUT2D eigenvalue weighted by molar-refractivity contribution is -0.116. The third-order valence-electron chi connectivity index (χ3n) is 5.34. The molecule has 2 aromatic heterocycles. The van der Waals surface area contributed by atoms with E-state index in [9.17, 15) is 9.59 Å². The van der Waals surface area contributed by atoms with Crippen LogP contribution >= 0.6 is 22.9 Å². The van der Waals surface area contributed by atoms with E-state index in [2.05, 4.69) is 21.6 Å². The molecular formula is C20H16ClN3O2S. The van der Waals surface area contributed by atoms with Gasteiger partial charge < -0.3 is 5.32 Å². The van der Waals surface area contributed by atoms with Crippen molar-refractivity contribution < 1.29 is 4.79 Å². The maximum absolute atomic E-state index is 13.2. The molecule has 1 aliphatic carbocycles.